The number of non-ortho nitro benzene ring substituents is 1. The SMILES string of the molecule is O=C(O)[C@H](CO)Nc1ccc([N+](=O)[O-])cc1. The lowest BCUT2D eigenvalue weighted by Gasteiger charge is -2.12. The molecule has 7 heteroatoms. The summed E-state index contributed by atoms with van der Waals surface area (Å²) < 4.78 is 0. The molecule has 0 amide bonds. The fraction of sp³-hybridized carbons (Fsp3) is 0.222. The van der Waals surface area contributed by atoms with Gasteiger partial charge in [-0.25, -0.2) is 4.79 Å². The standard InChI is InChI=1S/C9H10N2O5/c12-5-8(9(13)14)10-6-1-3-7(4-2-6)11(15)16/h1-4,8,10,12H,5H2,(H,13,14)/t8-/m0/s1. The van der Waals surface area contributed by atoms with Crippen LogP contribution in [0.3, 0.4) is 0 Å². The average molecular weight is 226 g/mol. The Hall–Kier alpha value is -2.15. The summed E-state index contributed by atoms with van der Waals surface area (Å²) in [5.41, 5.74) is 0.313. The van der Waals surface area contributed by atoms with Crippen LogP contribution in [0.5, 0.6) is 0 Å². The third-order valence-electron chi connectivity index (χ3n) is 1.90. The van der Waals surface area contributed by atoms with E-state index in [0.717, 1.165) is 0 Å². The third-order valence-corrected chi connectivity index (χ3v) is 1.90. The van der Waals surface area contributed by atoms with Crippen LogP contribution in [0.2, 0.25) is 0 Å². The number of hydrogen-bond acceptors (Lipinski definition) is 5. The molecule has 0 saturated carbocycles. The van der Waals surface area contributed by atoms with E-state index < -0.39 is 23.5 Å². The lowest BCUT2D eigenvalue weighted by Crippen LogP contribution is -2.32. The van der Waals surface area contributed by atoms with Gasteiger partial charge in [-0.3, -0.25) is 10.1 Å². The maximum absolute atomic E-state index is 10.6. The number of nitrogens with one attached hydrogen (secondary N) is 1. The molecule has 0 bridgehead atoms. The molecular weight excluding hydrogens is 216 g/mol. The van der Waals surface area contributed by atoms with Gasteiger partial charge in [-0.1, -0.05) is 0 Å². The Kier molecular flexibility index (Phi) is 3.78. The molecule has 16 heavy (non-hydrogen) atoms. The van der Waals surface area contributed by atoms with Crippen LogP contribution in [0.25, 0.3) is 0 Å². The molecule has 0 unspecified atom stereocenters. The van der Waals surface area contributed by atoms with Crippen LogP contribution in [0, 0.1) is 10.1 Å². The summed E-state index contributed by atoms with van der Waals surface area (Å²) in [6.07, 6.45) is 0. The van der Waals surface area contributed by atoms with Crippen molar-refractivity contribution in [1.82, 2.24) is 0 Å². The number of anilines is 1. The largest absolute Gasteiger partial charge is 0.480 e. The summed E-state index contributed by atoms with van der Waals surface area (Å²) >= 11 is 0. The molecule has 1 aromatic carbocycles. The van der Waals surface area contributed by atoms with E-state index in [-0.39, 0.29) is 5.69 Å². The number of nitro groups is 1. The smallest absolute Gasteiger partial charge is 0.328 e. The van der Waals surface area contributed by atoms with Gasteiger partial charge in [-0.05, 0) is 12.1 Å². The Morgan fingerprint density at radius 2 is 2.00 bits per heavy atom. The fourth-order valence-electron chi connectivity index (χ4n) is 1.07. The van der Waals surface area contributed by atoms with E-state index in [1.54, 1.807) is 0 Å². The van der Waals surface area contributed by atoms with Gasteiger partial charge in [0.1, 0.15) is 6.04 Å². The van der Waals surface area contributed by atoms with Crippen molar-refractivity contribution in [2.75, 3.05) is 11.9 Å². The summed E-state index contributed by atoms with van der Waals surface area (Å²) in [4.78, 5) is 20.4. The number of rotatable bonds is 5. The predicted octanol–water partition coefficient (Wildman–Crippen LogP) is 0.452. The number of carboxylic acids is 1. The Morgan fingerprint density at radius 1 is 1.44 bits per heavy atom. The first-order chi connectivity index (χ1) is 7.54. The van der Waals surface area contributed by atoms with Gasteiger partial charge in [-0.15, -0.1) is 0 Å². The Balaban J connectivity index is 2.75. The van der Waals surface area contributed by atoms with E-state index in [1.807, 2.05) is 0 Å². The lowest BCUT2D eigenvalue weighted by atomic mass is 10.2. The van der Waals surface area contributed by atoms with Crippen molar-refractivity contribution >= 4 is 17.3 Å². The molecule has 0 aromatic heterocycles. The van der Waals surface area contributed by atoms with Crippen molar-refractivity contribution in [3.63, 3.8) is 0 Å². The number of aliphatic hydroxyl groups excluding tert-OH is 1. The van der Waals surface area contributed by atoms with E-state index in [1.165, 1.54) is 24.3 Å². The molecular formula is C9H10N2O5. The number of carboxylic acid groups (broad SMARTS) is 1. The molecule has 86 valence electrons. The van der Waals surface area contributed by atoms with E-state index in [4.69, 9.17) is 10.2 Å². The maximum Gasteiger partial charge on any atom is 0.328 e. The molecule has 0 saturated heterocycles. The summed E-state index contributed by atoms with van der Waals surface area (Å²) in [6, 6.07) is 4.13. The minimum absolute atomic E-state index is 0.0820. The fourth-order valence-corrected chi connectivity index (χ4v) is 1.07. The topological polar surface area (TPSA) is 113 Å². The monoisotopic (exact) mass is 226 g/mol. The first-order valence-corrected chi connectivity index (χ1v) is 4.39. The number of benzene rings is 1. The van der Waals surface area contributed by atoms with E-state index in [0.29, 0.717) is 5.69 Å². The van der Waals surface area contributed by atoms with E-state index in [9.17, 15) is 14.9 Å². The zero-order valence-corrected chi connectivity index (χ0v) is 8.16. The van der Waals surface area contributed by atoms with Gasteiger partial charge >= 0.3 is 5.97 Å². The van der Waals surface area contributed by atoms with Crippen molar-refractivity contribution in [1.29, 1.82) is 0 Å². The van der Waals surface area contributed by atoms with Gasteiger partial charge in [0.2, 0.25) is 0 Å². The molecule has 0 aliphatic rings. The van der Waals surface area contributed by atoms with Crippen LogP contribution in [0.4, 0.5) is 11.4 Å². The Labute approximate surface area is 90.5 Å². The molecule has 1 aromatic rings. The number of nitrogens with zero attached hydrogens (tertiary/aromatic N) is 1. The zero-order chi connectivity index (χ0) is 12.1. The minimum atomic E-state index is -1.19. The van der Waals surface area contributed by atoms with Crippen LogP contribution in [-0.4, -0.2) is 33.8 Å². The molecule has 0 aliphatic carbocycles. The van der Waals surface area contributed by atoms with Gasteiger partial charge in [-0.2, -0.15) is 0 Å². The number of aliphatic hydroxyl groups is 1. The van der Waals surface area contributed by atoms with Crippen LogP contribution >= 0.6 is 0 Å². The van der Waals surface area contributed by atoms with Crippen molar-refractivity contribution in [3.05, 3.63) is 34.4 Å². The second-order valence-corrected chi connectivity index (χ2v) is 3.02. The number of aliphatic carboxylic acids is 1. The highest BCUT2D eigenvalue weighted by atomic mass is 16.6. The normalized spacial score (nSPS) is 11.8. The van der Waals surface area contributed by atoms with Crippen molar-refractivity contribution in [3.8, 4) is 0 Å². The van der Waals surface area contributed by atoms with E-state index in [2.05, 4.69) is 5.32 Å². The molecule has 3 N–H and O–H groups in total. The molecule has 0 heterocycles. The molecule has 0 fully saturated rings. The van der Waals surface area contributed by atoms with Crippen molar-refractivity contribution in [2.24, 2.45) is 0 Å². The van der Waals surface area contributed by atoms with Crippen molar-refractivity contribution in [2.45, 2.75) is 6.04 Å². The highest BCUT2D eigenvalue weighted by molar-refractivity contribution is 5.77. The van der Waals surface area contributed by atoms with E-state index >= 15 is 0 Å². The maximum atomic E-state index is 10.6. The third kappa shape index (κ3) is 2.92. The number of nitro benzene ring substituents is 1. The van der Waals surface area contributed by atoms with Gasteiger partial charge in [0.15, 0.2) is 0 Å². The summed E-state index contributed by atoms with van der Waals surface area (Å²) in [5, 5.41) is 30.3. The first kappa shape index (κ1) is 11.9. The highest BCUT2D eigenvalue weighted by Crippen LogP contribution is 2.15. The molecule has 0 aliphatic heterocycles. The zero-order valence-electron chi connectivity index (χ0n) is 8.16. The van der Waals surface area contributed by atoms with Gasteiger partial charge in [0.05, 0.1) is 11.5 Å². The van der Waals surface area contributed by atoms with Crippen LogP contribution in [0.1, 0.15) is 0 Å². The second kappa shape index (κ2) is 5.08. The molecule has 7 nitrogen and oxygen atoms in total. The molecule has 0 spiro atoms. The lowest BCUT2D eigenvalue weighted by molar-refractivity contribution is -0.384. The molecule has 0 radical (unpaired) electrons. The minimum Gasteiger partial charge on any atom is -0.480 e. The second-order valence-electron chi connectivity index (χ2n) is 3.02. The van der Waals surface area contributed by atoms with Crippen LogP contribution < -0.4 is 5.32 Å². The summed E-state index contributed by atoms with van der Waals surface area (Å²) in [6.45, 7) is -0.563. The first-order valence-electron chi connectivity index (χ1n) is 4.39. The summed E-state index contributed by atoms with van der Waals surface area (Å²) in [7, 11) is 0. The van der Waals surface area contributed by atoms with Crippen molar-refractivity contribution < 1.29 is 19.9 Å². The molecule has 1 rings (SSSR count). The van der Waals surface area contributed by atoms with Crippen LogP contribution in [-0.2, 0) is 4.79 Å². The Morgan fingerprint density at radius 3 is 2.38 bits per heavy atom. The van der Waals surface area contributed by atoms with Gasteiger partial charge in [0, 0.05) is 17.8 Å². The molecule has 1 atom stereocenters. The van der Waals surface area contributed by atoms with Gasteiger partial charge < -0.3 is 15.5 Å². The number of hydrogen-bond donors (Lipinski definition) is 3. The van der Waals surface area contributed by atoms with Gasteiger partial charge in [0.25, 0.3) is 5.69 Å². The van der Waals surface area contributed by atoms with Crippen LogP contribution in [0.15, 0.2) is 24.3 Å². The predicted molar refractivity (Wildman–Crippen MR) is 55.2 cm³/mol. The summed E-state index contributed by atoms with van der Waals surface area (Å²) in [5.74, 6) is -1.19. The quantitative estimate of drug-likeness (QED) is 0.496. The highest BCUT2D eigenvalue weighted by Gasteiger charge is 2.15. The number of carbonyl (C=O) groups is 1. The average Bonchev–Trinajstić information content (AvgIpc) is 2.26. The Bertz CT molecular complexity index is 389.